The molecule has 134 valence electrons. The Labute approximate surface area is 148 Å². The third-order valence-corrected chi connectivity index (χ3v) is 5.03. The van der Waals surface area contributed by atoms with Gasteiger partial charge in [0.15, 0.2) is 0 Å². The second kappa shape index (κ2) is 8.02. The number of anilines is 2. The van der Waals surface area contributed by atoms with Crippen molar-refractivity contribution in [1.29, 1.82) is 0 Å². The van der Waals surface area contributed by atoms with E-state index in [2.05, 4.69) is 10.0 Å². The number of amides is 1. The second-order valence-electron chi connectivity index (χ2n) is 5.57. The molecule has 2 aromatic carbocycles. The van der Waals surface area contributed by atoms with Crippen LogP contribution in [0.2, 0.25) is 0 Å². The fourth-order valence-electron chi connectivity index (χ4n) is 2.28. The molecule has 0 bridgehead atoms. The van der Waals surface area contributed by atoms with E-state index in [9.17, 15) is 13.2 Å². The topological polar surface area (TPSA) is 84.5 Å². The van der Waals surface area contributed by atoms with Crippen molar-refractivity contribution in [3.05, 3.63) is 53.6 Å². The number of benzene rings is 2. The Morgan fingerprint density at radius 3 is 2.52 bits per heavy atom. The summed E-state index contributed by atoms with van der Waals surface area (Å²) in [5.41, 5.74) is 2.88. The number of sulfonamides is 1. The molecule has 0 fully saturated rings. The molecule has 0 aliphatic rings. The molecule has 0 aliphatic carbocycles. The lowest BCUT2D eigenvalue weighted by molar-refractivity contribution is -0.115. The van der Waals surface area contributed by atoms with E-state index >= 15 is 0 Å². The van der Waals surface area contributed by atoms with Crippen LogP contribution in [0.1, 0.15) is 18.1 Å². The predicted molar refractivity (Wildman–Crippen MR) is 99.6 cm³/mol. The molecule has 0 unspecified atom stereocenters. The summed E-state index contributed by atoms with van der Waals surface area (Å²) in [6, 6.07) is 12.5. The number of hydrogen-bond donors (Lipinski definition) is 2. The number of carbonyl (C=O) groups is 1. The summed E-state index contributed by atoms with van der Waals surface area (Å²) in [5, 5.41) is 2.80. The highest BCUT2D eigenvalue weighted by molar-refractivity contribution is 7.92. The van der Waals surface area contributed by atoms with Crippen LogP contribution in [0, 0.1) is 6.92 Å². The lowest BCUT2D eigenvalue weighted by Gasteiger charge is -2.13. The first-order chi connectivity index (χ1) is 11.8. The van der Waals surface area contributed by atoms with Crippen LogP contribution in [0.15, 0.2) is 42.5 Å². The van der Waals surface area contributed by atoms with Crippen LogP contribution in [-0.4, -0.2) is 27.2 Å². The fraction of sp³-hybridized carbons (Fsp3) is 0.278. The van der Waals surface area contributed by atoms with E-state index < -0.39 is 10.0 Å². The highest BCUT2D eigenvalue weighted by Gasteiger charge is 2.13. The van der Waals surface area contributed by atoms with Crippen molar-refractivity contribution < 1.29 is 17.9 Å². The molecule has 2 N–H and O–H groups in total. The summed E-state index contributed by atoms with van der Waals surface area (Å²) in [7, 11) is -1.96. The standard InChI is InChI=1S/C18H22N2O4S/c1-4-25(22,23)20-16-10-9-15(12-17(16)24-3)19-18(21)11-14-8-6-5-7-13(14)2/h5-10,12,20H,4,11H2,1-3H3,(H,19,21). The Hall–Kier alpha value is -2.54. The molecule has 0 heterocycles. The van der Waals surface area contributed by atoms with Gasteiger partial charge in [0.25, 0.3) is 0 Å². The van der Waals surface area contributed by atoms with Crippen LogP contribution in [0.5, 0.6) is 5.75 Å². The van der Waals surface area contributed by atoms with Gasteiger partial charge in [0.2, 0.25) is 15.9 Å². The van der Waals surface area contributed by atoms with Gasteiger partial charge in [-0.15, -0.1) is 0 Å². The molecule has 1 amide bonds. The van der Waals surface area contributed by atoms with Crippen molar-refractivity contribution in [2.75, 3.05) is 22.9 Å². The molecule has 0 atom stereocenters. The minimum atomic E-state index is -3.40. The van der Waals surface area contributed by atoms with Gasteiger partial charge >= 0.3 is 0 Å². The molecule has 0 radical (unpaired) electrons. The Bertz CT molecular complexity index is 863. The monoisotopic (exact) mass is 362 g/mol. The van der Waals surface area contributed by atoms with Gasteiger partial charge in [-0.3, -0.25) is 9.52 Å². The number of ether oxygens (including phenoxy) is 1. The average molecular weight is 362 g/mol. The molecule has 25 heavy (non-hydrogen) atoms. The molecule has 2 aromatic rings. The Balaban J connectivity index is 2.12. The van der Waals surface area contributed by atoms with Crippen LogP contribution in [0.4, 0.5) is 11.4 Å². The third-order valence-electron chi connectivity index (χ3n) is 3.74. The highest BCUT2D eigenvalue weighted by atomic mass is 32.2. The molecular formula is C18H22N2O4S. The molecule has 2 rings (SSSR count). The molecule has 0 aromatic heterocycles. The maximum atomic E-state index is 12.2. The molecule has 0 aliphatic heterocycles. The van der Waals surface area contributed by atoms with E-state index in [4.69, 9.17) is 4.74 Å². The Morgan fingerprint density at radius 1 is 1.16 bits per heavy atom. The van der Waals surface area contributed by atoms with Gasteiger partial charge in [-0.05, 0) is 37.1 Å². The smallest absolute Gasteiger partial charge is 0.232 e. The summed E-state index contributed by atoms with van der Waals surface area (Å²) in [4.78, 5) is 12.2. The third kappa shape index (κ3) is 5.22. The van der Waals surface area contributed by atoms with Gasteiger partial charge in [-0.1, -0.05) is 24.3 Å². The predicted octanol–water partition coefficient (Wildman–Crippen LogP) is 2.95. The van der Waals surface area contributed by atoms with E-state index in [1.807, 2.05) is 31.2 Å². The SMILES string of the molecule is CCS(=O)(=O)Nc1ccc(NC(=O)Cc2ccccc2C)cc1OC. The summed E-state index contributed by atoms with van der Waals surface area (Å²) in [5.74, 6) is 0.148. The van der Waals surface area contributed by atoms with Crippen LogP contribution in [0.3, 0.4) is 0 Å². The van der Waals surface area contributed by atoms with Gasteiger partial charge < -0.3 is 10.1 Å². The summed E-state index contributed by atoms with van der Waals surface area (Å²) in [6.45, 7) is 3.51. The first kappa shape index (κ1) is 18.8. The maximum Gasteiger partial charge on any atom is 0.232 e. The van der Waals surface area contributed by atoms with Gasteiger partial charge in [-0.25, -0.2) is 8.42 Å². The maximum absolute atomic E-state index is 12.2. The van der Waals surface area contributed by atoms with Crippen molar-refractivity contribution in [2.24, 2.45) is 0 Å². The number of methoxy groups -OCH3 is 1. The zero-order valence-corrected chi connectivity index (χ0v) is 15.3. The largest absolute Gasteiger partial charge is 0.494 e. The zero-order valence-electron chi connectivity index (χ0n) is 14.5. The molecule has 0 saturated heterocycles. The van der Waals surface area contributed by atoms with Crippen molar-refractivity contribution in [2.45, 2.75) is 20.3 Å². The lowest BCUT2D eigenvalue weighted by Crippen LogP contribution is -2.16. The minimum absolute atomic E-state index is 0.0366. The second-order valence-corrected chi connectivity index (χ2v) is 7.58. The number of carbonyl (C=O) groups excluding carboxylic acids is 1. The first-order valence-electron chi connectivity index (χ1n) is 7.87. The van der Waals surface area contributed by atoms with E-state index in [0.29, 0.717) is 17.1 Å². The van der Waals surface area contributed by atoms with Crippen LogP contribution in [0.25, 0.3) is 0 Å². The van der Waals surface area contributed by atoms with Crippen LogP contribution < -0.4 is 14.8 Å². The molecule has 0 saturated carbocycles. The number of hydrogen-bond acceptors (Lipinski definition) is 4. The minimum Gasteiger partial charge on any atom is -0.494 e. The van der Waals surface area contributed by atoms with Crippen LogP contribution in [-0.2, 0) is 21.2 Å². The molecule has 6 nitrogen and oxygen atoms in total. The number of nitrogens with one attached hydrogen (secondary N) is 2. The summed E-state index contributed by atoms with van der Waals surface area (Å²) >= 11 is 0. The van der Waals surface area contributed by atoms with Gasteiger partial charge in [0.05, 0.1) is 25.0 Å². The van der Waals surface area contributed by atoms with E-state index in [1.54, 1.807) is 25.1 Å². The van der Waals surface area contributed by atoms with Crippen molar-refractivity contribution in [3.8, 4) is 5.75 Å². The highest BCUT2D eigenvalue weighted by Crippen LogP contribution is 2.29. The quantitative estimate of drug-likeness (QED) is 0.793. The van der Waals surface area contributed by atoms with Crippen molar-refractivity contribution >= 4 is 27.3 Å². The van der Waals surface area contributed by atoms with Crippen LogP contribution >= 0.6 is 0 Å². The first-order valence-corrected chi connectivity index (χ1v) is 9.52. The van der Waals surface area contributed by atoms with E-state index in [0.717, 1.165) is 11.1 Å². The van der Waals surface area contributed by atoms with Crippen molar-refractivity contribution in [1.82, 2.24) is 0 Å². The average Bonchev–Trinajstić information content (AvgIpc) is 2.58. The van der Waals surface area contributed by atoms with E-state index in [-0.39, 0.29) is 18.1 Å². The number of aryl methyl sites for hydroxylation is 1. The Morgan fingerprint density at radius 2 is 1.88 bits per heavy atom. The fourth-order valence-corrected chi connectivity index (χ4v) is 2.93. The van der Waals surface area contributed by atoms with Gasteiger partial charge in [0.1, 0.15) is 5.75 Å². The molecular weight excluding hydrogens is 340 g/mol. The molecule has 7 heteroatoms. The van der Waals surface area contributed by atoms with Crippen molar-refractivity contribution in [3.63, 3.8) is 0 Å². The number of rotatable bonds is 7. The van der Waals surface area contributed by atoms with E-state index in [1.165, 1.54) is 7.11 Å². The summed E-state index contributed by atoms with van der Waals surface area (Å²) < 4.78 is 31.1. The lowest BCUT2D eigenvalue weighted by atomic mass is 10.1. The normalized spacial score (nSPS) is 11.0. The zero-order chi connectivity index (χ0) is 18.4. The molecule has 0 spiro atoms. The van der Waals surface area contributed by atoms with Gasteiger partial charge in [0, 0.05) is 11.8 Å². The van der Waals surface area contributed by atoms with Gasteiger partial charge in [-0.2, -0.15) is 0 Å². The Kier molecular flexibility index (Phi) is 6.03. The summed E-state index contributed by atoms with van der Waals surface area (Å²) in [6.07, 6.45) is 0.263.